The van der Waals surface area contributed by atoms with Crippen LogP contribution >= 0.6 is 0 Å². The lowest BCUT2D eigenvalue weighted by Crippen LogP contribution is -2.39. The number of amides is 1. The summed E-state index contributed by atoms with van der Waals surface area (Å²) < 4.78 is 0. The Labute approximate surface area is 140 Å². The first-order valence-electron chi connectivity index (χ1n) is 8.87. The van der Waals surface area contributed by atoms with Gasteiger partial charge in [0.1, 0.15) is 0 Å². The highest BCUT2D eigenvalue weighted by molar-refractivity contribution is 5.99. The monoisotopic (exact) mass is 317 g/mol. The lowest BCUT2D eigenvalue weighted by atomic mass is 9.78. The van der Waals surface area contributed by atoms with Gasteiger partial charge in [0.25, 0.3) is 0 Å². The van der Waals surface area contributed by atoms with Crippen molar-refractivity contribution in [2.75, 3.05) is 6.54 Å². The molecule has 2 atom stereocenters. The average Bonchev–Trinajstić information content (AvgIpc) is 2.56. The molecular formula is C20H31NO2. The summed E-state index contributed by atoms with van der Waals surface area (Å²) in [6, 6.07) is 9.12. The van der Waals surface area contributed by atoms with Crippen molar-refractivity contribution in [3.05, 3.63) is 35.9 Å². The Hall–Kier alpha value is -1.64. The number of carbonyl (C=O) groups excluding carboxylic acids is 2. The quantitative estimate of drug-likeness (QED) is 0.647. The van der Waals surface area contributed by atoms with Crippen molar-refractivity contribution in [3.8, 4) is 0 Å². The molecular weight excluding hydrogens is 286 g/mol. The minimum atomic E-state index is -0.0385. The minimum absolute atomic E-state index is 0.00915. The summed E-state index contributed by atoms with van der Waals surface area (Å²) in [6.45, 7) is 8.69. The van der Waals surface area contributed by atoms with Gasteiger partial charge >= 0.3 is 0 Å². The van der Waals surface area contributed by atoms with E-state index < -0.39 is 0 Å². The Morgan fingerprint density at radius 2 is 1.74 bits per heavy atom. The summed E-state index contributed by atoms with van der Waals surface area (Å²) in [5.74, 6) is 0.828. The zero-order valence-electron chi connectivity index (χ0n) is 15.0. The molecule has 1 rings (SSSR count). The number of rotatable bonds is 10. The Balaban J connectivity index is 2.63. The normalized spacial score (nSPS) is 13.6. The molecule has 0 aliphatic rings. The topological polar surface area (TPSA) is 46.2 Å². The molecule has 0 aliphatic heterocycles. The molecule has 3 nitrogen and oxygen atoms in total. The van der Waals surface area contributed by atoms with E-state index in [1.165, 1.54) is 0 Å². The molecule has 0 fully saturated rings. The second kappa shape index (κ2) is 10.2. The fraction of sp³-hybridized carbons (Fsp3) is 0.600. The maximum absolute atomic E-state index is 12.6. The smallest absolute Gasteiger partial charge is 0.223 e. The zero-order valence-corrected chi connectivity index (χ0v) is 15.0. The number of Topliss-reactive ketones (excluding diaryl/α,β-unsaturated/α-hetero) is 1. The summed E-state index contributed by atoms with van der Waals surface area (Å²) in [5.41, 5.74) is 0.646. The van der Waals surface area contributed by atoms with Gasteiger partial charge < -0.3 is 5.32 Å². The van der Waals surface area contributed by atoms with E-state index in [4.69, 9.17) is 0 Å². The molecule has 3 heteroatoms. The number of benzene rings is 1. The van der Waals surface area contributed by atoms with Crippen molar-refractivity contribution in [1.82, 2.24) is 5.32 Å². The van der Waals surface area contributed by atoms with Gasteiger partial charge in [-0.25, -0.2) is 0 Å². The summed E-state index contributed by atoms with van der Waals surface area (Å²) in [6.07, 6.45) is 4.19. The van der Waals surface area contributed by atoms with E-state index in [-0.39, 0.29) is 24.2 Å². The predicted octanol–water partition coefficient (Wildman–Crippen LogP) is 4.47. The van der Waals surface area contributed by atoms with Crippen molar-refractivity contribution in [3.63, 3.8) is 0 Å². The Kier molecular flexibility index (Phi) is 8.60. The number of hydrogen-bond acceptors (Lipinski definition) is 2. The van der Waals surface area contributed by atoms with Gasteiger partial charge in [0.05, 0.1) is 6.54 Å². The highest BCUT2D eigenvalue weighted by Gasteiger charge is 2.28. The van der Waals surface area contributed by atoms with Crippen molar-refractivity contribution in [2.24, 2.45) is 17.8 Å². The van der Waals surface area contributed by atoms with E-state index in [1.54, 1.807) is 12.1 Å². The summed E-state index contributed by atoms with van der Waals surface area (Å²) in [7, 11) is 0. The Bertz CT molecular complexity index is 482. The zero-order chi connectivity index (χ0) is 17.2. The van der Waals surface area contributed by atoms with E-state index in [9.17, 15) is 9.59 Å². The molecule has 0 aromatic heterocycles. The highest BCUT2D eigenvalue weighted by atomic mass is 16.2. The van der Waals surface area contributed by atoms with Crippen LogP contribution in [0.5, 0.6) is 0 Å². The van der Waals surface area contributed by atoms with Crippen LogP contribution in [-0.2, 0) is 4.79 Å². The molecule has 1 N–H and O–H groups in total. The van der Waals surface area contributed by atoms with Crippen LogP contribution in [0.25, 0.3) is 0 Å². The van der Waals surface area contributed by atoms with Gasteiger partial charge in [0, 0.05) is 11.5 Å². The van der Waals surface area contributed by atoms with E-state index in [0.717, 1.165) is 25.7 Å². The first kappa shape index (κ1) is 19.4. The molecule has 1 amide bonds. The first-order valence-corrected chi connectivity index (χ1v) is 8.87. The van der Waals surface area contributed by atoms with Crippen LogP contribution in [0.3, 0.4) is 0 Å². The van der Waals surface area contributed by atoms with Crippen molar-refractivity contribution in [1.29, 1.82) is 0 Å². The molecule has 0 unspecified atom stereocenters. The predicted molar refractivity (Wildman–Crippen MR) is 95.4 cm³/mol. The van der Waals surface area contributed by atoms with E-state index in [1.807, 2.05) is 18.2 Å². The van der Waals surface area contributed by atoms with E-state index >= 15 is 0 Å². The van der Waals surface area contributed by atoms with Gasteiger partial charge in [-0.1, -0.05) is 70.9 Å². The lowest BCUT2D eigenvalue weighted by molar-refractivity contribution is -0.127. The number of ketones is 1. The third-order valence-electron chi connectivity index (χ3n) is 4.56. The molecule has 0 aliphatic carbocycles. The average molecular weight is 317 g/mol. The van der Waals surface area contributed by atoms with Crippen LogP contribution in [0.1, 0.15) is 63.7 Å². The molecule has 0 spiro atoms. The fourth-order valence-electron chi connectivity index (χ4n) is 3.15. The Morgan fingerprint density at radius 1 is 1.09 bits per heavy atom. The molecule has 0 saturated carbocycles. The standard InChI is InChI=1S/C20H31NO2/c1-5-7-13-18(15(3)4)17(6-2)20(23)21-14-19(22)16-11-9-8-10-12-16/h8-12,15,17-18H,5-7,13-14H2,1-4H3,(H,21,23)/t17-,18+/m1/s1. The lowest BCUT2D eigenvalue weighted by Gasteiger charge is -2.28. The molecule has 0 bridgehead atoms. The second-order valence-corrected chi connectivity index (χ2v) is 6.57. The molecule has 0 radical (unpaired) electrons. The molecule has 1 aromatic carbocycles. The first-order chi connectivity index (χ1) is 11.0. The number of carbonyl (C=O) groups is 2. The summed E-state index contributed by atoms with van der Waals surface area (Å²) >= 11 is 0. The molecule has 1 aromatic rings. The SMILES string of the molecule is CCCC[C@@H](C(C)C)[C@@H](CC)C(=O)NCC(=O)c1ccccc1. The third-order valence-corrected chi connectivity index (χ3v) is 4.56. The van der Waals surface area contributed by atoms with Gasteiger partial charge in [0.2, 0.25) is 5.91 Å². The van der Waals surface area contributed by atoms with Crippen LogP contribution in [0, 0.1) is 17.8 Å². The maximum Gasteiger partial charge on any atom is 0.223 e. The number of hydrogen-bond donors (Lipinski definition) is 1. The van der Waals surface area contributed by atoms with Gasteiger partial charge in [-0.15, -0.1) is 0 Å². The van der Waals surface area contributed by atoms with E-state index in [2.05, 4.69) is 33.0 Å². The number of nitrogens with one attached hydrogen (secondary N) is 1. The van der Waals surface area contributed by atoms with Gasteiger partial charge in [-0.3, -0.25) is 9.59 Å². The van der Waals surface area contributed by atoms with Gasteiger partial charge in [-0.2, -0.15) is 0 Å². The molecule has 0 saturated heterocycles. The molecule has 23 heavy (non-hydrogen) atoms. The van der Waals surface area contributed by atoms with Crippen molar-refractivity contribution >= 4 is 11.7 Å². The highest BCUT2D eigenvalue weighted by Crippen LogP contribution is 2.29. The maximum atomic E-state index is 12.6. The van der Waals surface area contributed by atoms with Gasteiger partial charge in [-0.05, 0) is 24.7 Å². The third kappa shape index (κ3) is 6.17. The van der Waals surface area contributed by atoms with Crippen LogP contribution in [-0.4, -0.2) is 18.2 Å². The van der Waals surface area contributed by atoms with Crippen LogP contribution in [0.4, 0.5) is 0 Å². The molecule has 128 valence electrons. The summed E-state index contributed by atoms with van der Waals surface area (Å²) in [5, 5.41) is 2.86. The van der Waals surface area contributed by atoms with Crippen molar-refractivity contribution in [2.45, 2.75) is 53.4 Å². The Morgan fingerprint density at radius 3 is 2.26 bits per heavy atom. The van der Waals surface area contributed by atoms with Crippen molar-refractivity contribution < 1.29 is 9.59 Å². The van der Waals surface area contributed by atoms with Crippen LogP contribution in [0.2, 0.25) is 0 Å². The van der Waals surface area contributed by atoms with Gasteiger partial charge in [0.15, 0.2) is 5.78 Å². The fourth-order valence-corrected chi connectivity index (χ4v) is 3.15. The summed E-state index contributed by atoms with van der Waals surface area (Å²) in [4.78, 5) is 24.7. The number of unbranched alkanes of at least 4 members (excludes halogenated alkanes) is 1. The second-order valence-electron chi connectivity index (χ2n) is 6.57. The van der Waals surface area contributed by atoms with E-state index in [0.29, 0.717) is 17.4 Å². The van der Waals surface area contributed by atoms with Crippen LogP contribution < -0.4 is 5.32 Å². The minimum Gasteiger partial charge on any atom is -0.348 e. The van der Waals surface area contributed by atoms with Crippen LogP contribution in [0.15, 0.2) is 30.3 Å². The largest absolute Gasteiger partial charge is 0.348 e. The molecule has 0 heterocycles.